The summed E-state index contributed by atoms with van der Waals surface area (Å²) in [6.07, 6.45) is 5.53. The smallest absolute Gasteiger partial charge is 0.159 e. The van der Waals surface area contributed by atoms with Crippen molar-refractivity contribution in [2.45, 2.75) is 6.54 Å². The molecule has 6 aromatic rings. The average Bonchev–Trinajstić information content (AvgIpc) is 3.47. The number of nitrogens with zero attached hydrogens (tertiary/aromatic N) is 5. The molecule has 0 fully saturated rings. The molecular formula is C27H22FN7. The number of aromatic amines is 2. The van der Waals surface area contributed by atoms with Gasteiger partial charge in [0.1, 0.15) is 11.5 Å². The summed E-state index contributed by atoms with van der Waals surface area (Å²) >= 11 is 0. The third-order valence-corrected chi connectivity index (χ3v) is 5.94. The quantitative estimate of drug-likeness (QED) is 0.356. The molecule has 0 radical (unpaired) electrons. The van der Waals surface area contributed by atoms with E-state index in [2.05, 4.69) is 36.1 Å². The van der Waals surface area contributed by atoms with Crippen molar-refractivity contribution in [3.8, 4) is 33.8 Å². The predicted octanol–water partition coefficient (Wildman–Crippen LogP) is 5.43. The molecule has 7 nitrogen and oxygen atoms in total. The number of hydrogen-bond acceptors (Lipinski definition) is 5. The van der Waals surface area contributed by atoms with E-state index in [9.17, 15) is 4.39 Å². The summed E-state index contributed by atoms with van der Waals surface area (Å²) in [7, 11) is 4.06. The summed E-state index contributed by atoms with van der Waals surface area (Å²) in [4.78, 5) is 19.3. The highest BCUT2D eigenvalue weighted by Crippen LogP contribution is 2.33. The highest BCUT2D eigenvalue weighted by Gasteiger charge is 2.17. The van der Waals surface area contributed by atoms with Crippen LogP contribution in [0.5, 0.6) is 0 Å². The second-order valence-electron chi connectivity index (χ2n) is 8.78. The minimum absolute atomic E-state index is 0.284. The van der Waals surface area contributed by atoms with Crippen LogP contribution in [0.1, 0.15) is 5.56 Å². The number of benzene rings is 2. The molecule has 4 aromatic heterocycles. The highest BCUT2D eigenvalue weighted by molar-refractivity contribution is 5.97. The molecule has 0 atom stereocenters. The molecule has 2 N–H and O–H groups in total. The van der Waals surface area contributed by atoms with Crippen LogP contribution in [0.25, 0.3) is 55.8 Å². The summed E-state index contributed by atoms with van der Waals surface area (Å²) in [5.41, 5.74) is 7.10. The van der Waals surface area contributed by atoms with E-state index >= 15 is 0 Å². The number of imidazole rings is 1. The van der Waals surface area contributed by atoms with E-state index in [0.29, 0.717) is 28.2 Å². The number of halogens is 1. The number of aromatic nitrogens is 6. The van der Waals surface area contributed by atoms with Crippen molar-refractivity contribution in [3.63, 3.8) is 0 Å². The number of hydrogen-bond donors (Lipinski definition) is 2. The minimum atomic E-state index is -0.284. The molecular weight excluding hydrogens is 441 g/mol. The van der Waals surface area contributed by atoms with E-state index in [1.807, 2.05) is 63.0 Å². The second-order valence-corrected chi connectivity index (χ2v) is 8.78. The van der Waals surface area contributed by atoms with Gasteiger partial charge in [0.2, 0.25) is 0 Å². The van der Waals surface area contributed by atoms with Crippen molar-refractivity contribution in [2.75, 3.05) is 14.1 Å². The molecule has 4 heterocycles. The zero-order valence-corrected chi connectivity index (χ0v) is 19.2. The molecule has 0 spiro atoms. The number of pyridine rings is 2. The van der Waals surface area contributed by atoms with Crippen LogP contribution in [0, 0.1) is 5.82 Å². The van der Waals surface area contributed by atoms with Gasteiger partial charge in [0.05, 0.1) is 16.4 Å². The zero-order chi connectivity index (χ0) is 23.9. The van der Waals surface area contributed by atoms with E-state index in [4.69, 9.17) is 4.98 Å². The number of nitrogens with one attached hydrogen (secondary N) is 2. The first-order valence-corrected chi connectivity index (χ1v) is 11.2. The Morgan fingerprint density at radius 3 is 2.60 bits per heavy atom. The van der Waals surface area contributed by atoms with Gasteiger partial charge in [0.25, 0.3) is 0 Å². The molecule has 0 aliphatic heterocycles. The van der Waals surface area contributed by atoms with Crippen molar-refractivity contribution in [2.24, 2.45) is 0 Å². The lowest BCUT2D eigenvalue weighted by atomic mass is 10.0. The van der Waals surface area contributed by atoms with E-state index in [-0.39, 0.29) is 5.82 Å². The predicted molar refractivity (Wildman–Crippen MR) is 135 cm³/mol. The van der Waals surface area contributed by atoms with Gasteiger partial charge in [0.15, 0.2) is 11.5 Å². The van der Waals surface area contributed by atoms with Crippen LogP contribution in [-0.2, 0) is 6.54 Å². The van der Waals surface area contributed by atoms with Crippen LogP contribution in [0.3, 0.4) is 0 Å². The average molecular weight is 464 g/mol. The van der Waals surface area contributed by atoms with Crippen molar-refractivity contribution >= 4 is 22.1 Å². The maximum Gasteiger partial charge on any atom is 0.159 e. The Labute approximate surface area is 200 Å². The zero-order valence-electron chi connectivity index (χ0n) is 19.2. The molecule has 0 bridgehead atoms. The molecule has 0 aliphatic rings. The van der Waals surface area contributed by atoms with Crippen LogP contribution in [-0.4, -0.2) is 49.1 Å². The SMILES string of the molecule is CN(C)Cc1cncc(-c2cnc3[nH]nc(-c4nc5c(-c6ccccc6F)cccc5[nH]4)c3c2)c1. The maximum absolute atomic E-state index is 14.5. The summed E-state index contributed by atoms with van der Waals surface area (Å²) in [6.45, 7) is 0.802. The van der Waals surface area contributed by atoms with Gasteiger partial charge in [0, 0.05) is 47.4 Å². The molecule has 2 aromatic carbocycles. The molecule has 0 saturated heterocycles. The van der Waals surface area contributed by atoms with Crippen molar-refractivity contribution in [3.05, 3.63) is 84.6 Å². The third-order valence-electron chi connectivity index (χ3n) is 5.94. The van der Waals surface area contributed by atoms with Crippen LogP contribution < -0.4 is 0 Å². The Morgan fingerprint density at radius 1 is 0.914 bits per heavy atom. The Balaban J connectivity index is 1.46. The number of para-hydroxylation sites is 1. The van der Waals surface area contributed by atoms with Crippen molar-refractivity contribution < 1.29 is 4.39 Å². The van der Waals surface area contributed by atoms with Crippen LogP contribution in [0.2, 0.25) is 0 Å². The molecule has 172 valence electrons. The lowest BCUT2D eigenvalue weighted by molar-refractivity contribution is 0.402. The summed E-state index contributed by atoms with van der Waals surface area (Å²) in [6, 6.07) is 16.6. The third kappa shape index (κ3) is 3.83. The molecule has 8 heteroatoms. The first kappa shape index (κ1) is 21.1. The lowest BCUT2D eigenvalue weighted by Crippen LogP contribution is -2.10. The minimum Gasteiger partial charge on any atom is -0.337 e. The fourth-order valence-corrected chi connectivity index (χ4v) is 4.38. The summed E-state index contributed by atoms with van der Waals surface area (Å²) in [5, 5.41) is 8.33. The Morgan fingerprint density at radius 2 is 1.74 bits per heavy atom. The van der Waals surface area contributed by atoms with Crippen molar-refractivity contribution in [1.82, 2.24) is 35.0 Å². The monoisotopic (exact) mass is 463 g/mol. The van der Waals surface area contributed by atoms with Gasteiger partial charge in [-0.25, -0.2) is 14.4 Å². The largest absolute Gasteiger partial charge is 0.337 e. The van der Waals surface area contributed by atoms with Gasteiger partial charge < -0.3 is 9.88 Å². The Bertz CT molecular complexity index is 1680. The van der Waals surface area contributed by atoms with Crippen LogP contribution in [0.15, 0.2) is 73.2 Å². The fourth-order valence-electron chi connectivity index (χ4n) is 4.38. The summed E-state index contributed by atoms with van der Waals surface area (Å²) < 4.78 is 14.5. The second kappa shape index (κ2) is 8.41. The first-order valence-electron chi connectivity index (χ1n) is 11.2. The van der Waals surface area contributed by atoms with Crippen LogP contribution >= 0.6 is 0 Å². The van der Waals surface area contributed by atoms with Gasteiger partial charge >= 0.3 is 0 Å². The van der Waals surface area contributed by atoms with E-state index in [1.54, 1.807) is 12.1 Å². The standard InChI is InChI=1S/C27H22FN7/c1-35(2)15-16-10-17(13-29-12-16)18-11-21-25(33-34-26(21)30-14-18)27-31-23-9-5-7-20(24(23)32-27)19-6-3-4-8-22(19)28/h3-14H,15H2,1-2H3,(H,31,32)(H,30,33,34). The van der Waals surface area contributed by atoms with E-state index in [0.717, 1.165) is 39.7 Å². The van der Waals surface area contributed by atoms with Gasteiger partial charge in [-0.05, 0) is 43.9 Å². The van der Waals surface area contributed by atoms with Gasteiger partial charge in [-0.1, -0.05) is 30.3 Å². The Hall–Kier alpha value is -4.43. The van der Waals surface area contributed by atoms with Crippen molar-refractivity contribution in [1.29, 1.82) is 0 Å². The topological polar surface area (TPSA) is 86.4 Å². The molecule has 0 saturated carbocycles. The van der Waals surface area contributed by atoms with Gasteiger partial charge in [-0.15, -0.1) is 0 Å². The maximum atomic E-state index is 14.5. The number of rotatable bonds is 5. The molecule has 35 heavy (non-hydrogen) atoms. The number of H-pyrrole nitrogens is 2. The molecule has 0 aliphatic carbocycles. The fraction of sp³-hybridized carbons (Fsp3) is 0.111. The van der Waals surface area contributed by atoms with Gasteiger partial charge in [-0.3, -0.25) is 10.1 Å². The van der Waals surface area contributed by atoms with Crippen LogP contribution in [0.4, 0.5) is 4.39 Å². The van der Waals surface area contributed by atoms with Gasteiger partial charge in [-0.2, -0.15) is 5.10 Å². The highest BCUT2D eigenvalue weighted by atomic mass is 19.1. The molecule has 6 rings (SSSR count). The molecule has 0 amide bonds. The Kier molecular flexibility index (Phi) is 5.08. The van der Waals surface area contributed by atoms with E-state index < -0.39 is 0 Å². The number of fused-ring (bicyclic) bond motifs is 2. The molecule has 0 unspecified atom stereocenters. The first-order chi connectivity index (χ1) is 17.1. The summed E-state index contributed by atoms with van der Waals surface area (Å²) in [5.74, 6) is 0.308. The lowest BCUT2D eigenvalue weighted by Gasteiger charge is -2.10. The normalized spacial score (nSPS) is 11.7. The van der Waals surface area contributed by atoms with E-state index in [1.165, 1.54) is 6.07 Å².